The number of nitrogens with zero attached hydrogens (tertiary/aromatic N) is 1. The molecule has 0 bridgehead atoms. The highest BCUT2D eigenvalue weighted by Gasteiger charge is 2.35. The monoisotopic (exact) mass is 515 g/mol. The summed E-state index contributed by atoms with van der Waals surface area (Å²) in [6, 6.07) is 0.0931. The summed E-state index contributed by atoms with van der Waals surface area (Å²) in [6.45, 7) is 10.9. The molecule has 0 atom stereocenters. The molecule has 2 N–H and O–H groups in total. The molecule has 0 aromatic carbocycles. The highest BCUT2D eigenvalue weighted by Crippen LogP contribution is 2.27. The van der Waals surface area contributed by atoms with Crippen molar-refractivity contribution in [3.63, 3.8) is 0 Å². The molecule has 0 unspecified atom stereocenters. The van der Waals surface area contributed by atoms with Crippen LogP contribution in [0.1, 0.15) is 84.1 Å². The van der Waals surface area contributed by atoms with Crippen molar-refractivity contribution in [3.8, 4) is 0 Å². The van der Waals surface area contributed by atoms with Gasteiger partial charge in [-0.05, 0) is 54.4 Å². The lowest BCUT2D eigenvalue weighted by Crippen LogP contribution is -2.32. The van der Waals surface area contributed by atoms with Crippen LogP contribution >= 0.6 is 0 Å². The van der Waals surface area contributed by atoms with Crippen LogP contribution in [0.15, 0.2) is 0 Å². The fourth-order valence-corrected chi connectivity index (χ4v) is 4.84. The minimum Gasteiger partial charge on any atom is -0.213 e. The van der Waals surface area contributed by atoms with Crippen molar-refractivity contribution >= 4 is 30.1 Å². The molecular formula is C19H53N3O6S3. The first-order valence-electron chi connectivity index (χ1n) is 8.71. The minimum atomic E-state index is -2.97. The molecular weight excluding hydrogens is 462 g/mol. The zero-order valence-corrected chi connectivity index (χ0v) is 20.3. The van der Waals surface area contributed by atoms with E-state index in [4.69, 9.17) is 0 Å². The molecule has 0 aromatic heterocycles. The number of nitrogens with one attached hydrogen (secondary N) is 2. The van der Waals surface area contributed by atoms with Gasteiger partial charge in [0.2, 0.25) is 30.1 Å². The Balaban J connectivity index is -0.0000000715. The predicted molar refractivity (Wildman–Crippen MR) is 138 cm³/mol. The summed E-state index contributed by atoms with van der Waals surface area (Å²) in [4.78, 5) is 0. The SMILES string of the molecule is C.C.C.C.CC(C)N(C)S(C)(=O)=O.CC(C)NS(=O)(=O)C1CC1.CC(C)NS(C)(=O)=O. The van der Waals surface area contributed by atoms with Crippen LogP contribution in [0.5, 0.6) is 0 Å². The zero-order chi connectivity index (χ0) is 22.2. The molecule has 1 fully saturated rings. The number of hydrogen-bond donors (Lipinski definition) is 2. The van der Waals surface area contributed by atoms with E-state index < -0.39 is 30.1 Å². The minimum absolute atomic E-state index is 0. The predicted octanol–water partition coefficient (Wildman–Crippen LogP) is 3.25. The molecule has 0 aliphatic heterocycles. The van der Waals surface area contributed by atoms with Gasteiger partial charge in [-0.3, -0.25) is 0 Å². The van der Waals surface area contributed by atoms with Gasteiger partial charge in [0.1, 0.15) is 0 Å². The van der Waals surface area contributed by atoms with E-state index in [9.17, 15) is 25.3 Å². The third kappa shape index (κ3) is 27.7. The molecule has 0 saturated heterocycles. The van der Waals surface area contributed by atoms with Gasteiger partial charge in [0.05, 0.1) is 17.8 Å². The quantitative estimate of drug-likeness (QED) is 0.535. The Hall–Kier alpha value is -0.270. The third-order valence-corrected chi connectivity index (χ3v) is 7.58. The second-order valence-corrected chi connectivity index (χ2v) is 13.2. The molecule has 1 saturated carbocycles. The van der Waals surface area contributed by atoms with E-state index in [2.05, 4.69) is 9.44 Å². The highest BCUT2D eigenvalue weighted by atomic mass is 32.2. The first-order valence-corrected chi connectivity index (χ1v) is 14.0. The second kappa shape index (κ2) is 18.2. The third-order valence-electron chi connectivity index (χ3n) is 3.06. The summed E-state index contributed by atoms with van der Waals surface area (Å²) < 4.78 is 70.5. The molecule has 0 spiro atoms. The van der Waals surface area contributed by atoms with Crippen LogP contribution in [-0.2, 0) is 30.1 Å². The van der Waals surface area contributed by atoms with E-state index in [0.717, 1.165) is 19.1 Å². The smallest absolute Gasteiger partial charge is 0.213 e. The van der Waals surface area contributed by atoms with Crippen molar-refractivity contribution in [2.24, 2.45) is 0 Å². The summed E-state index contributed by atoms with van der Waals surface area (Å²) in [7, 11) is -7.31. The van der Waals surface area contributed by atoms with Crippen molar-refractivity contribution in [1.82, 2.24) is 13.7 Å². The Morgan fingerprint density at radius 2 is 1.03 bits per heavy atom. The summed E-state index contributed by atoms with van der Waals surface area (Å²) in [5.41, 5.74) is 0. The molecule has 31 heavy (non-hydrogen) atoms. The van der Waals surface area contributed by atoms with Crippen LogP contribution in [-0.4, -0.2) is 72.5 Å². The standard InChI is InChI=1S/C6H13NO2S.C5H13NO2S.C4H11NO2S.4CH4/c1-5(2)7-10(8,9)6-3-4-6;1-5(2)6(3)9(4,7)8;1-4(2)5-8(3,6)7;;;;/h5-7H,3-4H2,1-2H3;5H,1-4H3;4-5H,1-3H3;4*1H4. The van der Waals surface area contributed by atoms with Gasteiger partial charge < -0.3 is 0 Å². The maximum absolute atomic E-state index is 11.1. The molecule has 1 aliphatic rings. The van der Waals surface area contributed by atoms with Crippen LogP contribution < -0.4 is 9.44 Å². The normalized spacial score (nSPS) is 13.5. The van der Waals surface area contributed by atoms with Crippen LogP contribution in [0, 0.1) is 0 Å². The van der Waals surface area contributed by atoms with Crippen LogP contribution in [0.4, 0.5) is 0 Å². The van der Waals surface area contributed by atoms with Gasteiger partial charge in [0.15, 0.2) is 0 Å². The lowest BCUT2D eigenvalue weighted by Gasteiger charge is -2.17. The number of hydrogen-bond acceptors (Lipinski definition) is 6. The molecule has 0 amide bonds. The first kappa shape index (κ1) is 44.4. The van der Waals surface area contributed by atoms with Crippen molar-refractivity contribution < 1.29 is 25.3 Å². The van der Waals surface area contributed by atoms with Crippen LogP contribution in [0.25, 0.3) is 0 Å². The van der Waals surface area contributed by atoms with E-state index in [-0.39, 0.29) is 53.1 Å². The fraction of sp³-hybridized carbons (Fsp3) is 1.00. The Kier molecular flexibility index (Phi) is 26.1. The number of rotatable bonds is 7. The second-order valence-electron chi connectivity index (χ2n) is 7.43. The molecule has 9 nitrogen and oxygen atoms in total. The van der Waals surface area contributed by atoms with Crippen LogP contribution in [0.3, 0.4) is 0 Å². The summed E-state index contributed by atoms with van der Waals surface area (Å²) in [5.74, 6) is 0. The summed E-state index contributed by atoms with van der Waals surface area (Å²) >= 11 is 0. The molecule has 0 heterocycles. The van der Waals surface area contributed by atoms with Crippen molar-refractivity contribution in [3.05, 3.63) is 0 Å². The Labute approximate surface area is 195 Å². The van der Waals surface area contributed by atoms with Gasteiger partial charge in [-0.25, -0.2) is 39.0 Å². The van der Waals surface area contributed by atoms with Gasteiger partial charge in [0, 0.05) is 25.2 Å². The lowest BCUT2D eigenvalue weighted by molar-refractivity contribution is 0.414. The van der Waals surface area contributed by atoms with Crippen LogP contribution in [0.2, 0.25) is 0 Å². The largest absolute Gasteiger partial charge is 0.214 e. The topological polar surface area (TPSA) is 130 Å². The summed E-state index contributed by atoms with van der Waals surface area (Å²) in [5, 5.41) is -0.0881. The average molecular weight is 516 g/mol. The van der Waals surface area contributed by atoms with E-state index in [1.165, 1.54) is 10.6 Å². The van der Waals surface area contributed by atoms with Gasteiger partial charge in [-0.1, -0.05) is 29.7 Å². The number of sulfonamides is 3. The molecule has 0 aromatic rings. The van der Waals surface area contributed by atoms with E-state index >= 15 is 0 Å². The zero-order valence-electron chi connectivity index (χ0n) is 17.8. The van der Waals surface area contributed by atoms with Crippen molar-refractivity contribution in [2.45, 2.75) is 107 Å². The van der Waals surface area contributed by atoms with Crippen molar-refractivity contribution in [1.29, 1.82) is 0 Å². The first-order chi connectivity index (χ1) is 11.8. The van der Waals surface area contributed by atoms with Crippen molar-refractivity contribution in [2.75, 3.05) is 19.6 Å². The molecule has 0 radical (unpaired) electrons. The maximum Gasteiger partial charge on any atom is 0.214 e. The van der Waals surface area contributed by atoms with E-state index in [1.54, 1.807) is 20.9 Å². The maximum atomic E-state index is 11.1. The molecule has 12 heteroatoms. The molecule has 198 valence electrons. The van der Waals surface area contributed by atoms with E-state index in [0.29, 0.717) is 0 Å². The Bertz CT molecular complexity index is 728. The molecule has 1 rings (SSSR count). The summed E-state index contributed by atoms with van der Waals surface area (Å²) in [6.07, 6.45) is 4.02. The van der Waals surface area contributed by atoms with Gasteiger partial charge in [-0.2, -0.15) is 0 Å². The van der Waals surface area contributed by atoms with Gasteiger partial charge in [0.25, 0.3) is 0 Å². The molecule has 1 aliphatic carbocycles. The average Bonchev–Trinajstić information content (AvgIpc) is 3.17. The van der Waals surface area contributed by atoms with Gasteiger partial charge >= 0.3 is 0 Å². The van der Waals surface area contributed by atoms with Gasteiger partial charge in [-0.15, -0.1) is 0 Å². The highest BCUT2D eigenvalue weighted by molar-refractivity contribution is 7.90. The fourth-order valence-electron chi connectivity index (χ4n) is 1.61. The Morgan fingerprint density at radius 3 is 1.13 bits per heavy atom. The Morgan fingerprint density at radius 1 is 0.710 bits per heavy atom. The lowest BCUT2D eigenvalue weighted by atomic mass is 10.4. The van der Waals surface area contributed by atoms with E-state index in [1.807, 2.05) is 27.7 Å².